The third-order valence-corrected chi connectivity index (χ3v) is 1.72. The molecule has 0 fully saturated rings. The summed E-state index contributed by atoms with van der Waals surface area (Å²) in [6.07, 6.45) is 6.87. The molecule has 1 heteroatoms. The first-order chi connectivity index (χ1) is 5.24. The van der Waals surface area contributed by atoms with Crippen molar-refractivity contribution < 1.29 is 29.6 Å². The van der Waals surface area contributed by atoms with Crippen molar-refractivity contribution in [1.82, 2.24) is 0 Å². The number of hydrogen-bond acceptors (Lipinski definition) is 0. The maximum absolute atomic E-state index is 6.87. The van der Waals surface area contributed by atoms with Crippen LogP contribution in [0.2, 0.25) is 0 Å². The van der Waals surface area contributed by atoms with Gasteiger partial charge >= 0.3 is 29.6 Å². The molecule has 0 aromatic heterocycles. The van der Waals surface area contributed by atoms with E-state index in [-0.39, 0.29) is 29.6 Å². The number of rotatable bonds is 1. The summed E-state index contributed by atoms with van der Waals surface area (Å²) in [6, 6.07) is 7.92. The topological polar surface area (TPSA) is 0 Å². The van der Waals surface area contributed by atoms with Gasteiger partial charge < -0.3 is 6.42 Å². The Kier molecular flexibility index (Phi) is 5.33. The van der Waals surface area contributed by atoms with Crippen LogP contribution in [-0.4, -0.2) is 0 Å². The van der Waals surface area contributed by atoms with Crippen LogP contribution in [0, 0.1) is 12.3 Å². The molecular formula is C11H11Na. The Bertz CT molecular complexity index is 264. The summed E-state index contributed by atoms with van der Waals surface area (Å²) in [5.41, 5.74) is 2.15. The van der Waals surface area contributed by atoms with Crippen LogP contribution in [0.25, 0.3) is 0 Å². The second-order valence-corrected chi connectivity index (χ2v) is 2.90. The van der Waals surface area contributed by atoms with Crippen LogP contribution in [0.5, 0.6) is 0 Å². The van der Waals surface area contributed by atoms with Crippen LogP contribution in [0.4, 0.5) is 0 Å². The number of benzene rings is 1. The van der Waals surface area contributed by atoms with Crippen LogP contribution >= 0.6 is 0 Å². The van der Waals surface area contributed by atoms with Crippen LogP contribution < -0.4 is 29.6 Å². The fourth-order valence-electron chi connectivity index (χ4n) is 0.951. The van der Waals surface area contributed by atoms with Gasteiger partial charge in [0.25, 0.3) is 0 Å². The van der Waals surface area contributed by atoms with Gasteiger partial charge in [0.2, 0.25) is 0 Å². The van der Waals surface area contributed by atoms with Gasteiger partial charge in [0, 0.05) is 0 Å². The van der Waals surface area contributed by atoms with Gasteiger partial charge in [-0.1, -0.05) is 26.0 Å². The van der Waals surface area contributed by atoms with Gasteiger partial charge in [0.05, 0.1) is 0 Å². The van der Waals surface area contributed by atoms with Crippen LogP contribution in [0.15, 0.2) is 24.3 Å². The average Bonchev–Trinajstić information content (AvgIpc) is 2.05. The molecule has 0 N–H and O–H groups in total. The Morgan fingerprint density at radius 1 is 1.17 bits per heavy atom. The van der Waals surface area contributed by atoms with Crippen molar-refractivity contribution in [2.24, 2.45) is 0 Å². The van der Waals surface area contributed by atoms with Crippen molar-refractivity contribution >= 4 is 0 Å². The molecule has 1 aromatic carbocycles. The van der Waals surface area contributed by atoms with Crippen LogP contribution in [-0.2, 0) is 0 Å². The van der Waals surface area contributed by atoms with E-state index in [1.165, 1.54) is 5.56 Å². The normalized spacial score (nSPS) is 8.83. The summed E-state index contributed by atoms with van der Waals surface area (Å²) in [7, 11) is 0. The molecule has 0 aliphatic carbocycles. The van der Waals surface area contributed by atoms with Crippen molar-refractivity contribution in [2.45, 2.75) is 19.8 Å². The van der Waals surface area contributed by atoms with Gasteiger partial charge in [-0.15, -0.1) is 17.7 Å². The minimum absolute atomic E-state index is 0. The number of hydrogen-bond donors (Lipinski definition) is 0. The quantitative estimate of drug-likeness (QED) is 0.307. The minimum atomic E-state index is 0. The summed E-state index contributed by atoms with van der Waals surface area (Å²) < 4.78 is 0. The maximum Gasteiger partial charge on any atom is 1.00 e. The van der Waals surface area contributed by atoms with Crippen molar-refractivity contribution in [3.8, 4) is 5.92 Å². The molecule has 0 radical (unpaired) electrons. The molecule has 0 atom stereocenters. The standard InChI is InChI=1S/C11H11.Na/c1-4-10-5-7-11(8-6-10)9(2)3;/h5-9H,2-3H3;/q-1;+1. The Morgan fingerprint density at radius 2 is 1.67 bits per heavy atom. The van der Waals surface area contributed by atoms with Gasteiger partial charge in [-0.2, -0.15) is 0 Å². The second-order valence-electron chi connectivity index (χ2n) is 2.90. The Hall–Kier alpha value is -0.220. The molecule has 0 saturated heterocycles. The van der Waals surface area contributed by atoms with Gasteiger partial charge in [-0.05, 0) is 11.5 Å². The SMILES string of the molecule is [C-]#Cc1ccc(C(C)C)cc1.[Na+]. The molecule has 0 spiro atoms. The monoisotopic (exact) mass is 166 g/mol. The molecule has 0 saturated carbocycles. The minimum Gasteiger partial charge on any atom is -0.366 e. The summed E-state index contributed by atoms with van der Waals surface area (Å²) in [5, 5.41) is 0. The zero-order valence-corrected chi connectivity index (χ0v) is 9.89. The molecule has 0 amide bonds. The third-order valence-electron chi connectivity index (χ3n) is 1.72. The molecule has 56 valence electrons. The fourth-order valence-corrected chi connectivity index (χ4v) is 0.951. The van der Waals surface area contributed by atoms with E-state index in [2.05, 4.69) is 19.8 Å². The van der Waals surface area contributed by atoms with E-state index < -0.39 is 0 Å². The van der Waals surface area contributed by atoms with E-state index >= 15 is 0 Å². The van der Waals surface area contributed by atoms with Crippen LogP contribution in [0.3, 0.4) is 0 Å². The molecule has 0 unspecified atom stereocenters. The molecule has 1 aromatic rings. The summed E-state index contributed by atoms with van der Waals surface area (Å²) in [5.74, 6) is 2.91. The summed E-state index contributed by atoms with van der Waals surface area (Å²) in [4.78, 5) is 0. The molecule has 0 aliphatic heterocycles. The van der Waals surface area contributed by atoms with Gasteiger partial charge in [-0.25, -0.2) is 0 Å². The molecule has 0 aliphatic rings. The van der Waals surface area contributed by atoms with E-state index in [0.29, 0.717) is 5.92 Å². The van der Waals surface area contributed by atoms with Gasteiger partial charge in [0.1, 0.15) is 0 Å². The van der Waals surface area contributed by atoms with E-state index in [4.69, 9.17) is 6.42 Å². The summed E-state index contributed by atoms with van der Waals surface area (Å²) in [6.45, 7) is 4.31. The van der Waals surface area contributed by atoms with E-state index in [1.54, 1.807) is 0 Å². The Balaban J connectivity index is 0.00000121. The maximum atomic E-state index is 6.87. The molecular weight excluding hydrogens is 155 g/mol. The van der Waals surface area contributed by atoms with E-state index in [1.807, 2.05) is 24.3 Å². The zero-order chi connectivity index (χ0) is 8.27. The van der Waals surface area contributed by atoms with Gasteiger partial charge in [-0.3, -0.25) is 5.92 Å². The van der Waals surface area contributed by atoms with Gasteiger partial charge in [0.15, 0.2) is 0 Å². The van der Waals surface area contributed by atoms with E-state index in [9.17, 15) is 0 Å². The Morgan fingerprint density at radius 3 is 2.00 bits per heavy atom. The first kappa shape index (κ1) is 11.8. The predicted octanol–water partition coefficient (Wildman–Crippen LogP) is -0.248. The molecule has 1 rings (SSSR count). The molecule has 12 heavy (non-hydrogen) atoms. The molecule has 0 bridgehead atoms. The van der Waals surface area contributed by atoms with Crippen molar-refractivity contribution in [3.05, 3.63) is 41.8 Å². The molecule has 0 heterocycles. The molecule has 0 nitrogen and oxygen atoms in total. The Labute approximate surface area is 96.7 Å². The fraction of sp³-hybridized carbons (Fsp3) is 0.273. The second kappa shape index (κ2) is 5.43. The first-order valence-corrected chi connectivity index (χ1v) is 3.76. The van der Waals surface area contributed by atoms with E-state index in [0.717, 1.165) is 5.56 Å². The smallest absolute Gasteiger partial charge is 0.366 e. The third kappa shape index (κ3) is 3.03. The average molecular weight is 166 g/mol. The van der Waals surface area contributed by atoms with Crippen molar-refractivity contribution in [1.29, 1.82) is 0 Å². The van der Waals surface area contributed by atoms with Crippen molar-refractivity contribution in [3.63, 3.8) is 0 Å². The predicted molar refractivity (Wildman–Crippen MR) is 46.8 cm³/mol. The zero-order valence-electron chi connectivity index (χ0n) is 7.89. The summed E-state index contributed by atoms with van der Waals surface area (Å²) >= 11 is 0. The largest absolute Gasteiger partial charge is 1.00 e. The van der Waals surface area contributed by atoms with Crippen molar-refractivity contribution in [2.75, 3.05) is 0 Å². The van der Waals surface area contributed by atoms with Crippen LogP contribution in [0.1, 0.15) is 30.9 Å². The first-order valence-electron chi connectivity index (χ1n) is 3.76.